The van der Waals surface area contributed by atoms with Gasteiger partial charge >= 0.3 is 17.9 Å². The van der Waals surface area contributed by atoms with Gasteiger partial charge in [-0.3, -0.25) is 4.79 Å². The molecule has 0 aliphatic heterocycles. The number of hydrogen-bond donors (Lipinski definition) is 0. The van der Waals surface area contributed by atoms with Crippen molar-refractivity contribution < 1.29 is 27.8 Å². The van der Waals surface area contributed by atoms with E-state index in [1.807, 2.05) is 0 Å². The van der Waals surface area contributed by atoms with Crippen molar-refractivity contribution in [2.45, 2.75) is 77.6 Å². The van der Waals surface area contributed by atoms with E-state index in [1.54, 1.807) is 0 Å². The van der Waals surface area contributed by atoms with Crippen LogP contribution in [0.15, 0.2) is 0 Å². The molecule has 0 atom stereocenters. The van der Waals surface area contributed by atoms with Crippen LogP contribution in [0.5, 0.6) is 0 Å². The SMILES string of the molecule is CCCCCCCCCCC(=O)OCCOC(=O)C(C)(F)F. The molecule has 0 saturated carbocycles. The minimum absolute atomic E-state index is 0.183. The highest BCUT2D eigenvalue weighted by molar-refractivity contribution is 5.76. The smallest absolute Gasteiger partial charge is 0.376 e. The van der Waals surface area contributed by atoms with Gasteiger partial charge in [-0.1, -0.05) is 51.9 Å². The third-order valence-electron chi connectivity index (χ3n) is 3.17. The Bertz CT molecular complexity index is 314. The number of alkyl halides is 2. The van der Waals surface area contributed by atoms with E-state index >= 15 is 0 Å². The van der Waals surface area contributed by atoms with Gasteiger partial charge in [-0.05, 0) is 6.42 Å². The Morgan fingerprint density at radius 3 is 1.91 bits per heavy atom. The first-order chi connectivity index (χ1) is 10.4. The lowest BCUT2D eigenvalue weighted by molar-refractivity contribution is -0.172. The molecule has 0 saturated heterocycles. The van der Waals surface area contributed by atoms with Gasteiger partial charge in [0, 0.05) is 13.3 Å². The molecular formula is C16H28F2O4. The topological polar surface area (TPSA) is 52.6 Å². The van der Waals surface area contributed by atoms with Crippen LogP contribution in [0.2, 0.25) is 0 Å². The Hall–Kier alpha value is -1.20. The van der Waals surface area contributed by atoms with E-state index in [9.17, 15) is 18.4 Å². The highest BCUT2D eigenvalue weighted by Crippen LogP contribution is 2.13. The fourth-order valence-corrected chi connectivity index (χ4v) is 1.89. The average molecular weight is 322 g/mol. The summed E-state index contributed by atoms with van der Waals surface area (Å²) >= 11 is 0. The Kier molecular flexibility index (Phi) is 11.7. The van der Waals surface area contributed by atoms with E-state index in [0.29, 0.717) is 13.3 Å². The number of carbonyl (C=O) groups is 2. The van der Waals surface area contributed by atoms with E-state index < -0.39 is 11.9 Å². The van der Waals surface area contributed by atoms with Crippen molar-refractivity contribution in [1.29, 1.82) is 0 Å². The maximum Gasteiger partial charge on any atom is 0.376 e. The second kappa shape index (κ2) is 12.4. The standard InChI is InChI=1S/C16H28F2O4/c1-3-4-5-6-7-8-9-10-11-14(19)21-12-13-22-15(20)16(2,17)18/h3-13H2,1-2H3. The molecule has 4 nitrogen and oxygen atoms in total. The quantitative estimate of drug-likeness (QED) is 0.375. The first-order valence-electron chi connectivity index (χ1n) is 8.08. The zero-order chi connectivity index (χ0) is 16.8. The summed E-state index contributed by atoms with van der Waals surface area (Å²) in [5, 5.41) is 0. The Labute approximate surface area is 131 Å². The fourth-order valence-electron chi connectivity index (χ4n) is 1.89. The molecule has 130 valence electrons. The maximum absolute atomic E-state index is 12.5. The highest BCUT2D eigenvalue weighted by Gasteiger charge is 2.34. The van der Waals surface area contributed by atoms with E-state index in [0.717, 1.165) is 19.3 Å². The van der Waals surface area contributed by atoms with Crippen molar-refractivity contribution in [3.63, 3.8) is 0 Å². The molecule has 6 heteroatoms. The molecule has 0 radical (unpaired) electrons. The molecule has 0 heterocycles. The van der Waals surface area contributed by atoms with E-state index in [-0.39, 0.29) is 19.2 Å². The van der Waals surface area contributed by atoms with Gasteiger partial charge in [-0.2, -0.15) is 8.78 Å². The first-order valence-corrected chi connectivity index (χ1v) is 8.08. The molecular weight excluding hydrogens is 294 g/mol. The van der Waals surface area contributed by atoms with E-state index in [4.69, 9.17) is 4.74 Å². The van der Waals surface area contributed by atoms with Crippen LogP contribution in [0.4, 0.5) is 8.78 Å². The molecule has 0 aliphatic carbocycles. The van der Waals surface area contributed by atoms with Crippen LogP contribution in [0.25, 0.3) is 0 Å². The molecule has 22 heavy (non-hydrogen) atoms. The fraction of sp³-hybridized carbons (Fsp3) is 0.875. The number of unbranched alkanes of at least 4 members (excludes halogenated alkanes) is 7. The Morgan fingerprint density at radius 2 is 1.36 bits per heavy atom. The third kappa shape index (κ3) is 12.5. The average Bonchev–Trinajstić information content (AvgIpc) is 2.45. The van der Waals surface area contributed by atoms with Crippen LogP contribution in [0.3, 0.4) is 0 Å². The second-order valence-electron chi connectivity index (χ2n) is 5.47. The largest absolute Gasteiger partial charge is 0.462 e. The van der Waals surface area contributed by atoms with Crippen LogP contribution in [0.1, 0.15) is 71.6 Å². The molecule has 0 rings (SSSR count). The summed E-state index contributed by atoms with van der Waals surface area (Å²) < 4.78 is 34.0. The molecule has 0 N–H and O–H groups in total. The maximum atomic E-state index is 12.5. The van der Waals surface area contributed by atoms with Gasteiger partial charge in [0.05, 0.1) is 0 Å². The first kappa shape index (κ1) is 20.8. The number of halogens is 2. The highest BCUT2D eigenvalue weighted by atomic mass is 19.3. The summed E-state index contributed by atoms with van der Waals surface area (Å²) in [5.41, 5.74) is 0. The Morgan fingerprint density at radius 1 is 0.864 bits per heavy atom. The summed E-state index contributed by atoms with van der Waals surface area (Å²) in [4.78, 5) is 22.1. The molecule has 0 unspecified atom stereocenters. The zero-order valence-electron chi connectivity index (χ0n) is 13.7. The second-order valence-corrected chi connectivity index (χ2v) is 5.47. The van der Waals surface area contributed by atoms with Gasteiger partial charge in [-0.15, -0.1) is 0 Å². The summed E-state index contributed by atoms with van der Waals surface area (Å²) in [6.45, 7) is 2.12. The van der Waals surface area contributed by atoms with E-state index in [2.05, 4.69) is 11.7 Å². The van der Waals surface area contributed by atoms with Crippen molar-refractivity contribution in [3.8, 4) is 0 Å². The molecule has 0 aromatic rings. The number of rotatable bonds is 13. The van der Waals surface area contributed by atoms with Gasteiger partial charge in [0.15, 0.2) is 0 Å². The van der Waals surface area contributed by atoms with Gasteiger partial charge in [0.2, 0.25) is 0 Å². The minimum Gasteiger partial charge on any atom is -0.462 e. The van der Waals surface area contributed by atoms with E-state index in [1.165, 1.54) is 32.1 Å². The lowest BCUT2D eigenvalue weighted by atomic mass is 10.1. The molecule has 0 bridgehead atoms. The minimum atomic E-state index is -3.51. The number of ether oxygens (including phenoxy) is 2. The third-order valence-corrected chi connectivity index (χ3v) is 3.17. The summed E-state index contributed by atoms with van der Waals surface area (Å²) in [6, 6.07) is 0. The van der Waals surface area contributed by atoms with Crippen LogP contribution >= 0.6 is 0 Å². The van der Waals surface area contributed by atoms with Crippen molar-refractivity contribution in [1.82, 2.24) is 0 Å². The van der Waals surface area contributed by atoms with Crippen LogP contribution in [-0.2, 0) is 19.1 Å². The van der Waals surface area contributed by atoms with Crippen molar-refractivity contribution in [2.24, 2.45) is 0 Å². The molecule has 0 spiro atoms. The van der Waals surface area contributed by atoms with Gasteiger partial charge in [0.1, 0.15) is 13.2 Å². The lowest BCUT2D eigenvalue weighted by Crippen LogP contribution is -2.28. The summed E-state index contributed by atoms with van der Waals surface area (Å²) in [7, 11) is 0. The summed E-state index contributed by atoms with van der Waals surface area (Å²) in [5.74, 6) is -5.50. The number of hydrogen-bond acceptors (Lipinski definition) is 4. The van der Waals surface area contributed by atoms with Crippen molar-refractivity contribution >= 4 is 11.9 Å². The lowest BCUT2D eigenvalue weighted by Gasteiger charge is -2.10. The van der Waals surface area contributed by atoms with Crippen LogP contribution in [-0.4, -0.2) is 31.1 Å². The van der Waals surface area contributed by atoms with Crippen molar-refractivity contribution in [3.05, 3.63) is 0 Å². The van der Waals surface area contributed by atoms with Gasteiger partial charge < -0.3 is 9.47 Å². The molecule has 0 aromatic carbocycles. The van der Waals surface area contributed by atoms with Gasteiger partial charge in [-0.25, -0.2) is 4.79 Å². The van der Waals surface area contributed by atoms with Crippen LogP contribution in [0, 0.1) is 0 Å². The van der Waals surface area contributed by atoms with Gasteiger partial charge in [0.25, 0.3) is 0 Å². The van der Waals surface area contributed by atoms with Crippen LogP contribution < -0.4 is 0 Å². The summed E-state index contributed by atoms with van der Waals surface area (Å²) in [6.07, 6.45) is 9.39. The zero-order valence-corrected chi connectivity index (χ0v) is 13.7. The predicted molar refractivity (Wildman–Crippen MR) is 79.8 cm³/mol. The predicted octanol–water partition coefficient (Wildman–Crippen LogP) is 4.26. The molecule has 0 aliphatic rings. The molecule has 0 amide bonds. The number of carbonyl (C=O) groups excluding carboxylic acids is 2. The Balaban J connectivity index is 3.39. The molecule has 0 aromatic heterocycles. The molecule has 0 fully saturated rings. The number of esters is 2. The monoisotopic (exact) mass is 322 g/mol. The normalized spacial score (nSPS) is 11.3. The van der Waals surface area contributed by atoms with Crippen molar-refractivity contribution in [2.75, 3.05) is 13.2 Å².